The van der Waals surface area contributed by atoms with E-state index in [0.717, 1.165) is 27.8 Å². The maximum atomic E-state index is 6.21. The first-order valence-electron chi connectivity index (χ1n) is 5.49. The molecule has 17 heavy (non-hydrogen) atoms. The summed E-state index contributed by atoms with van der Waals surface area (Å²) in [5.74, 6) is 0.905. The standard InChI is InChI=1S/C11H15ClN4S/c1-3-16-9(14-6-15-16)4-8(13)11-10(12)7(2)5-17-11/h5-6,8H,3-4,13H2,1-2H3. The van der Waals surface area contributed by atoms with Gasteiger partial charge >= 0.3 is 0 Å². The van der Waals surface area contributed by atoms with Crippen LogP contribution in [0.2, 0.25) is 5.02 Å². The van der Waals surface area contributed by atoms with Crippen LogP contribution in [-0.4, -0.2) is 14.8 Å². The van der Waals surface area contributed by atoms with Crippen LogP contribution in [0.5, 0.6) is 0 Å². The van der Waals surface area contributed by atoms with Gasteiger partial charge in [-0.1, -0.05) is 11.6 Å². The van der Waals surface area contributed by atoms with Crippen molar-refractivity contribution in [1.82, 2.24) is 14.8 Å². The zero-order chi connectivity index (χ0) is 12.4. The van der Waals surface area contributed by atoms with E-state index in [1.807, 2.05) is 23.9 Å². The molecule has 6 heteroatoms. The lowest BCUT2D eigenvalue weighted by atomic mass is 10.1. The average molecular weight is 271 g/mol. The number of halogens is 1. The number of hydrogen-bond donors (Lipinski definition) is 1. The molecule has 0 radical (unpaired) electrons. The number of nitrogens with zero attached hydrogens (tertiary/aromatic N) is 3. The van der Waals surface area contributed by atoms with Gasteiger partial charge in [0.15, 0.2) is 0 Å². The van der Waals surface area contributed by atoms with Crippen molar-refractivity contribution in [2.24, 2.45) is 5.73 Å². The highest BCUT2D eigenvalue weighted by molar-refractivity contribution is 7.10. The second kappa shape index (κ2) is 5.16. The number of thiophene rings is 1. The molecule has 0 fully saturated rings. The number of aromatic nitrogens is 3. The van der Waals surface area contributed by atoms with Gasteiger partial charge in [0, 0.05) is 23.9 Å². The van der Waals surface area contributed by atoms with Crippen LogP contribution >= 0.6 is 22.9 Å². The van der Waals surface area contributed by atoms with Crippen molar-refractivity contribution >= 4 is 22.9 Å². The molecule has 0 saturated carbocycles. The molecule has 1 atom stereocenters. The lowest BCUT2D eigenvalue weighted by Crippen LogP contribution is -2.16. The average Bonchev–Trinajstić information content (AvgIpc) is 2.87. The molecule has 4 nitrogen and oxygen atoms in total. The van der Waals surface area contributed by atoms with Gasteiger partial charge in [0.1, 0.15) is 12.2 Å². The van der Waals surface area contributed by atoms with E-state index in [9.17, 15) is 0 Å². The summed E-state index contributed by atoms with van der Waals surface area (Å²) in [5, 5.41) is 6.94. The van der Waals surface area contributed by atoms with Crippen LogP contribution in [0.4, 0.5) is 0 Å². The van der Waals surface area contributed by atoms with E-state index in [4.69, 9.17) is 17.3 Å². The maximum Gasteiger partial charge on any atom is 0.138 e. The predicted molar refractivity (Wildman–Crippen MR) is 70.4 cm³/mol. The summed E-state index contributed by atoms with van der Waals surface area (Å²) in [5.41, 5.74) is 7.25. The smallest absolute Gasteiger partial charge is 0.138 e. The normalized spacial score (nSPS) is 12.9. The molecule has 92 valence electrons. The Bertz CT molecular complexity index is 505. The van der Waals surface area contributed by atoms with E-state index in [1.165, 1.54) is 0 Å². The highest BCUT2D eigenvalue weighted by Crippen LogP contribution is 2.32. The molecule has 0 bridgehead atoms. The van der Waals surface area contributed by atoms with Gasteiger partial charge in [-0.3, -0.25) is 4.68 Å². The fourth-order valence-electron chi connectivity index (χ4n) is 1.70. The molecule has 2 aromatic heterocycles. The summed E-state index contributed by atoms with van der Waals surface area (Å²) in [4.78, 5) is 5.25. The van der Waals surface area contributed by atoms with Gasteiger partial charge < -0.3 is 5.73 Å². The predicted octanol–water partition coefficient (Wildman–Crippen LogP) is 2.56. The molecular formula is C11H15ClN4S. The molecule has 2 aromatic rings. The largest absolute Gasteiger partial charge is 0.323 e. The minimum Gasteiger partial charge on any atom is -0.323 e. The topological polar surface area (TPSA) is 56.7 Å². The van der Waals surface area contributed by atoms with Crippen LogP contribution in [-0.2, 0) is 13.0 Å². The number of rotatable bonds is 4. The van der Waals surface area contributed by atoms with Gasteiger partial charge in [0.25, 0.3) is 0 Å². The number of nitrogens with two attached hydrogens (primary N) is 1. The Morgan fingerprint density at radius 1 is 1.59 bits per heavy atom. The quantitative estimate of drug-likeness (QED) is 0.929. The third-order valence-electron chi connectivity index (χ3n) is 2.66. The molecule has 0 aliphatic heterocycles. The van der Waals surface area contributed by atoms with Crippen LogP contribution in [0.3, 0.4) is 0 Å². The number of aryl methyl sites for hydroxylation is 2. The van der Waals surface area contributed by atoms with Crippen molar-refractivity contribution in [3.8, 4) is 0 Å². The Morgan fingerprint density at radius 3 is 2.94 bits per heavy atom. The van der Waals surface area contributed by atoms with Crippen molar-refractivity contribution in [3.63, 3.8) is 0 Å². The maximum absolute atomic E-state index is 6.21. The van der Waals surface area contributed by atoms with Gasteiger partial charge in [-0.05, 0) is 24.8 Å². The van der Waals surface area contributed by atoms with Crippen molar-refractivity contribution in [2.45, 2.75) is 32.9 Å². The van der Waals surface area contributed by atoms with Crippen LogP contribution in [0, 0.1) is 6.92 Å². The van der Waals surface area contributed by atoms with Gasteiger partial charge in [-0.15, -0.1) is 11.3 Å². The molecule has 2 rings (SSSR count). The molecule has 1 unspecified atom stereocenters. The van der Waals surface area contributed by atoms with Crippen LogP contribution in [0.1, 0.15) is 29.2 Å². The molecule has 0 saturated heterocycles. The first-order chi connectivity index (χ1) is 8.13. The summed E-state index contributed by atoms with van der Waals surface area (Å²) >= 11 is 7.81. The zero-order valence-corrected chi connectivity index (χ0v) is 11.4. The first kappa shape index (κ1) is 12.5. The first-order valence-corrected chi connectivity index (χ1v) is 6.75. The second-order valence-electron chi connectivity index (χ2n) is 3.90. The molecule has 0 aliphatic carbocycles. The summed E-state index contributed by atoms with van der Waals surface area (Å²) in [6.45, 7) is 4.83. The lowest BCUT2D eigenvalue weighted by molar-refractivity contribution is 0.584. The van der Waals surface area contributed by atoms with E-state index in [1.54, 1.807) is 17.7 Å². The second-order valence-corrected chi connectivity index (χ2v) is 5.19. The van der Waals surface area contributed by atoms with Crippen molar-refractivity contribution in [3.05, 3.63) is 33.0 Å². The summed E-state index contributed by atoms with van der Waals surface area (Å²) in [6.07, 6.45) is 2.22. The van der Waals surface area contributed by atoms with Crippen LogP contribution < -0.4 is 5.73 Å². The van der Waals surface area contributed by atoms with Crippen molar-refractivity contribution < 1.29 is 0 Å². The summed E-state index contributed by atoms with van der Waals surface area (Å²) in [6, 6.07) is -0.115. The third kappa shape index (κ3) is 2.51. The van der Waals surface area contributed by atoms with Gasteiger partial charge in [0.2, 0.25) is 0 Å². The zero-order valence-electron chi connectivity index (χ0n) is 9.85. The van der Waals surface area contributed by atoms with E-state index < -0.39 is 0 Å². The van der Waals surface area contributed by atoms with Crippen molar-refractivity contribution in [1.29, 1.82) is 0 Å². The Kier molecular flexibility index (Phi) is 3.81. The highest BCUT2D eigenvalue weighted by Gasteiger charge is 2.17. The van der Waals surface area contributed by atoms with E-state index in [-0.39, 0.29) is 6.04 Å². The van der Waals surface area contributed by atoms with Crippen LogP contribution in [0.15, 0.2) is 11.7 Å². The van der Waals surface area contributed by atoms with Crippen LogP contribution in [0.25, 0.3) is 0 Å². The Labute approximate surface area is 109 Å². The molecule has 0 aliphatic rings. The molecule has 0 aromatic carbocycles. The Hall–Kier alpha value is -0.910. The monoisotopic (exact) mass is 270 g/mol. The molecule has 0 amide bonds. The lowest BCUT2D eigenvalue weighted by Gasteiger charge is -2.10. The van der Waals surface area contributed by atoms with Crippen molar-refractivity contribution in [2.75, 3.05) is 0 Å². The SMILES string of the molecule is CCn1ncnc1CC(N)c1scc(C)c1Cl. The minimum absolute atomic E-state index is 0.115. The molecule has 2 heterocycles. The van der Waals surface area contributed by atoms with Gasteiger partial charge in [-0.2, -0.15) is 5.10 Å². The molecule has 2 N–H and O–H groups in total. The van der Waals surface area contributed by atoms with E-state index >= 15 is 0 Å². The summed E-state index contributed by atoms with van der Waals surface area (Å²) in [7, 11) is 0. The fraction of sp³-hybridized carbons (Fsp3) is 0.455. The fourth-order valence-corrected chi connectivity index (χ4v) is 3.04. The van der Waals surface area contributed by atoms with Gasteiger partial charge in [-0.25, -0.2) is 4.98 Å². The van der Waals surface area contributed by atoms with E-state index in [0.29, 0.717) is 6.42 Å². The molecule has 0 spiro atoms. The molecular weight excluding hydrogens is 256 g/mol. The summed E-state index contributed by atoms with van der Waals surface area (Å²) < 4.78 is 1.86. The van der Waals surface area contributed by atoms with E-state index in [2.05, 4.69) is 10.1 Å². The Morgan fingerprint density at radius 2 is 2.35 bits per heavy atom. The number of hydrogen-bond acceptors (Lipinski definition) is 4. The third-order valence-corrected chi connectivity index (χ3v) is 4.51. The highest BCUT2D eigenvalue weighted by atomic mass is 35.5. The van der Waals surface area contributed by atoms with Gasteiger partial charge in [0.05, 0.1) is 5.02 Å². The Balaban J connectivity index is 2.17. The minimum atomic E-state index is -0.115.